The first-order chi connectivity index (χ1) is 12.2. The number of amides is 1. The van der Waals surface area contributed by atoms with Gasteiger partial charge in [-0.2, -0.15) is 0 Å². The molecule has 1 aliphatic carbocycles. The van der Waals surface area contributed by atoms with Crippen LogP contribution in [0.15, 0.2) is 18.2 Å². The Labute approximate surface area is 152 Å². The number of carbonyl (C=O) groups excluding carboxylic acids is 1. The second-order valence-electron chi connectivity index (χ2n) is 7.34. The van der Waals surface area contributed by atoms with Crippen molar-refractivity contribution in [3.05, 3.63) is 35.4 Å². The Hall–Kier alpha value is -1.58. The first kappa shape index (κ1) is 19.2. The lowest BCUT2D eigenvalue weighted by molar-refractivity contribution is -0.123. The highest BCUT2D eigenvalue weighted by Crippen LogP contribution is 2.32. The van der Waals surface area contributed by atoms with Crippen LogP contribution in [0, 0.1) is 11.6 Å². The molecule has 2 aliphatic rings. The number of nitrogens with one attached hydrogen (secondary N) is 2. The number of nitrogens with zero attached hydrogens (tertiary/aromatic N) is 1. The Kier molecular flexibility index (Phi) is 5.32. The summed E-state index contributed by atoms with van der Waals surface area (Å²) in [7, 11) is -3.56. The Bertz CT molecular complexity index is 794. The molecule has 1 aromatic carbocycles. The van der Waals surface area contributed by atoms with E-state index in [4.69, 9.17) is 0 Å². The molecule has 2 fully saturated rings. The zero-order chi connectivity index (χ0) is 18.9. The van der Waals surface area contributed by atoms with Crippen molar-refractivity contribution in [2.45, 2.75) is 43.8 Å². The maximum atomic E-state index is 13.5. The van der Waals surface area contributed by atoms with Crippen molar-refractivity contribution < 1.29 is 22.0 Å². The molecule has 1 unspecified atom stereocenters. The SMILES string of the molecule is CS(=O)(=O)NC1CN(Cc2ccc(F)c(F)c2)CC2(CCCC2)NC1=O. The molecule has 1 aromatic rings. The normalized spacial score (nSPS) is 23.8. The molecule has 1 spiro atoms. The molecule has 9 heteroatoms. The monoisotopic (exact) mass is 387 g/mol. The highest BCUT2D eigenvalue weighted by Gasteiger charge is 2.42. The first-order valence-electron chi connectivity index (χ1n) is 8.61. The van der Waals surface area contributed by atoms with Gasteiger partial charge >= 0.3 is 0 Å². The van der Waals surface area contributed by atoms with Gasteiger partial charge in [0.05, 0.1) is 11.8 Å². The largest absolute Gasteiger partial charge is 0.348 e. The summed E-state index contributed by atoms with van der Waals surface area (Å²) in [5, 5.41) is 3.02. The van der Waals surface area contributed by atoms with E-state index in [1.54, 1.807) is 0 Å². The molecule has 0 radical (unpaired) electrons. The molecular weight excluding hydrogens is 364 g/mol. The third-order valence-electron chi connectivity index (χ3n) is 4.98. The van der Waals surface area contributed by atoms with Crippen molar-refractivity contribution >= 4 is 15.9 Å². The van der Waals surface area contributed by atoms with Crippen molar-refractivity contribution in [2.75, 3.05) is 19.3 Å². The molecule has 1 aliphatic heterocycles. The van der Waals surface area contributed by atoms with Crippen LogP contribution in [0.25, 0.3) is 0 Å². The summed E-state index contributed by atoms with van der Waals surface area (Å²) in [6.45, 7) is 1.01. The van der Waals surface area contributed by atoms with E-state index in [2.05, 4.69) is 10.0 Å². The lowest BCUT2D eigenvalue weighted by Crippen LogP contribution is -2.54. The van der Waals surface area contributed by atoms with Gasteiger partial charge in [-0.1, -0.05) is 18.9 Å². The van der Waals surface area contributed by atoms with Crippen LogP contribution in [0.1, 0.15) is 31.2 Å². The summed E-state index contributed by atoms with van der Waals surface area (Å²) in [5.74, 6) is -2.18. The number of hydrogen-bond acceptors (Lipinski definition) is 4. The van der Waals surface area contributed by atoms with E-state index >= 15 is 0 Å². The van der Waals surface area contributed by atoms with Crippen LogP contribution >= 0.6 is 0 Å². The zero-order valence-corrected chi connectivity index (χ0v) is 15.4. The molecule has 2 N–H and O–H groups in total. The van der Waals surface area contributed by atoms with Gasteiger partial charge in [0.2, 0.25) is 15.9 Å². The van der Waals surface area contributed by atoms with Gasteiger partial charge in [-0.3, -0.25) is 9.69 Å². The van der Waals surface area contributed by atoms with E-state index in [1.165, 1.54) is 6.07 Å². The van der Waals surface area contributed by atoms with Crippen molar-refractivity contribution in [3.8, 4) is 0 Å². The van der Waals surface area contributed by atoms with Gasteiger partial charge in [-0.25, -0.2) is 21.9 Å². The Morgan fingerprint density at radius 3 is 2.58 bits per heavy atom. The minimum atomic E-state index is -3.56. The molecule has 26 heavy (non-hydrogen) atoms. The zero-order valence-electron chi connectivity index (χ0n) is 14.6. The molecule has 1 heterocycles. The van der Waals surface area contributed by atoms with Gasteiger partial charge in [0.15, 0.2) is 11.6 Å². The summed E-state index contributed by atoms with van der Waals surface area (Å²) in [4.78, 5) is 14.5. The molecule has 1 saturated heterocycles. The summed E-state index contributed by atoms with van der Waals surface area (Å²) in [6.07, 6.45) is 4.63. The van der Waals surface area contributed by atoms with Crippen LogP contribution < -0.4 is 10.0 Å². The third-order valence-corrected chi connectivity index (χ3v) is 5.69. The number of carbonyl (C=O) groups is 1. The van der Waals surface area contributed by atoms with E-state index in [0.29, 0.717) is 18.7 Å². The standard InChI is InChI=1S/C17H23F2N3O3S/c1-26(24,25)21-15-10-22(9-12-4-5-13(18)14(19)8-12)11-17(20-16(15)23)6-2-3-7-17/h4-5,8,15,21H,2-3,6-7,9-11H2,1H3,(H,20,23). The van der Waals surface area contributed by atoms with Crippen LogP contribution in [0.2, 0.25) is 0 Å². The number of rotatable bonds is 4. The third kappa shape index (κ3) is 4.57. The number of hydrogen-bond donors (Lipinski definition) is 2. The predicted octanol–water partition coefficient (Wildman–Crippen LogP) is 1.13. The van der Waals surface area contributed by atoms with Crippen LogP contribution in [0.5, 0.6) is 0 Å². The minimum Gasteiger partial charge on any atom is -0.348 e. The molecule has 1 amide bonds. The minimum absolute atomic E-state index is 0.166. The number of sulfonamides is 1. The number of halogens is 2. The highest BCUT2D eigenvalue weighted by molar-refractivity contribution is 7.88. The van der Waals surface area contributed by atoms with Gasteiger partial charge in [0.1, 0.15) is 6.04 Å². The fraction of sp³-hybridized carbons (Fsp3) is 0.588. The maximum Gasteiger partial charge on any atom is 0.239 e. The first-order valence-corrected chi connectivity index (χ1v) is 10.5. The van der Waals surface area contributed by atoms with Crippen LogP contribution in [0.3, 0.4) is 0 Å². The van der Waals surface area contributed by atoms with E-state index in [0.717, 1.165) is 44.1 Å². The fourth-order valence-corrected chi connectivity index (χ4v) is 4.62. The van der Waals surface area contributed by atoms with Gasteiger partial charge in [0, 0.05) is 19.6 Å². The molecule has 0 bridgehead atoms. The lowest BCUT2D eigenvalue weighted by atomic mass is 9.97. The van der Waals surface area contributed by atoms with E-state index < -0.39 is 33.2 Å². The molecular formula is C17H23F2N3O3S. The van der Waals surface area contributed by atoms with Gasteiger partial charge in [-0.05, 0) is 30.5 Å². The molecule has 1 atom stereocenters. The average molecular weight is 387 g/mol. The van der Waals surface area contributed by atoms with Crippen molar-refractivity contribution in [3.63, 3.8) is 0 Å². The number of benzene rings is 1. The topological polar surface area (TPSA) is 78.5 Å². The predicted molar refractivity (Wildman–Crippen MR) is 92.7 cm³/mol. The molecule has 6 nitrogen and oxygen atoms in total. The van der Waals surface area contributed by atoms with Crippen molar-refractivity contribution in [1.82, 2.24) is 14.9 Å². The maximum absolute atomic E-state index is 13.5. The quantitative estimate of drug-likeness (QED) is 0.812. The van der Waals surface area contributed by atoms with Gasteiger partial charge in [0.25, 0.3) is 0 Å². The molecule has 1 saturated carbocycles. The molecule has 3 rings (SSSR count). The van der Waals surface area contributed by atoms with Crippen LogP contribution in [-0.2, 0) is 21.4 Å². The van der Waals surface area contributed by atoms with Gasteiger partial charge in [-0.15, -0.1) is 0 Å². The second-order valence-corrected chi connectivity index (χ2v) is 9.12. The van der Waals surface area contributed by atoms with Crippen LogP contribution in [-0.4, -0.2) is 50.2 Å². The summed E-state index contributed by atoms with van der Waals surface area (Å²) < 4.78 is 52.3. The molecule has 0 aromatic heterocycles. The fourth-order valence-electron chi connectivity index (χ4n) is 3.92. The Morgan fingerprint density at radius 1 is 1.27 bits per heavy atom. The van der Waals surface area contributed by atoms with E-state index in [1.807, 2.05) is 4.90 Å². The van der Waals surface area contributed by atoms with E-state index in [-0.39, 0.29) is 12.5 Å². The lowest BCUT2D eigenvalue weighted by Gasteiger charge is -2.33. The highest BCUT2D eigenvalue weighted by atomic mass is 32.2. The Morgan fingerprint density at radius 2 is 1.96 bits per heavy atom. The Balaban J connectivity index is 1.85. The van der Waals surface area contributed by atoms with Crippen molar-refractivity contribution in [1.29, 1.82) is 0 Å². The van der Waals surface area contributed by atoms with Gasteiger partial charge < -0.3 is 5.32 Å². The second kappa shape index (κ2) is 7.21. The van der Waals surface area contributed by atoms with Crippen LogP contribution in [0.4, 0.5) is 8.78 Å². The smallest absolute Gasteiger partial charge is 0.239 e. The average Bonchev–Trinajstić information content (AvgIpc) is 2.92. The summed E-state index contributed by atoms with van der Waals surface area (Å²) >= 11 is 0. The van der Waals surface area contributed by atoms with Crippen molar-refractivity contribution in [2.24, 2.45) is 0 Å². The summed E-state index contributed by atoms with van der Waals surface area (Å²) in [5.41, 5.74) is 0.174. The molecule has 144 valence electrons. The van der Waals surface area contributed by atoms with E-state index in [9.17, 15) is 22.0 Å². The summed E-state index contributed by atoms with van der Waals surface area (Å²) in [6, 6.07) is 2.79.